The number of rotatable bonds is 8. The molecule has 0 aromatic rings. The Morgan fingerprint density at radius 1 is 0.800 bits per heavy atom. The zero-order chi connectivity index (χ0) is 20.8. The summed E-state index contributed by atoms with van der Waals surface area (Å²) in [5.41, 5.74) is -0.606. The highest BCUT2D eigenvalue weighted by Crippen LogP contribution is 2.04. The summed E-state index contributed by atoms with van der Waals surface area (Å²) in [5.74, 6) is -6.34. The van der Waals surface area contributed by atoms with Crippen molar-refractivity contribution in [2.45, 2.75) is 45.3 Å². The maximum atomic E-state index is 9.87. The summed E-state index contributed by atoms with van der Waals surface area (Å²) in [4.78, 5) is 39.3. The molecule has 0 fully saturated rings. The third-order valence-electron chi connectivity index (χ3n) is 2.06. The Bertz CT molecular complexity index is 461. The van der Waals surface area contributed by atoms with Gasteiger partial charge in [-0.15, -0.1) is 0 Å². The van der Waals surface area contributed by atoms with Gasteiger partial charge in [-0.05, 0) is 6.92 Å². The highest BCUT2D eigenvalue weighted by atomic mass is 16.5. The second-order valence-corrected chi connectivity index (χ2v) is 4.93. The Kier molecular flexibility index (Phi) is 14.9. The number of carboxylic acids is 4. The van der Waals surface area contributed by atoms with Crippen molar-refractivity contribution in [1.82, 2.24) is 0 Å². The third kappa shape index (κ3) is 26.5. The van der Waals surface area contributed by atoms with Crippen LogP contribution in [0.2, 0.25) is 0 Å². The molecular formula is C15H24O10. The molecule has 0 bridgehead atoms. The zero-order valence-electron chi connectivity index (χ0n) is 14.1. The average molecular weight is 364 g/mol. The Labute approximate surface area is 144 Å². The first-order valence-electron chi connectivity index (χ1n) is 6.84. The van der Waals surface area contributed by atoms with Gasteiger partial charge < -0.3 is 30.6 Å². The number of carboxylic acid groups (broad SMARTS) is 4. The van der Waals surface area contributed by atoms with Crippen molar-refractivity contribution in [2.24, 2.45) is 0 Å². The number of aliphatic carboxylic acids is 4. The minimum absolute atomic E-state index is 0.303. The summed E-state index contributed by atoms with van der Waals surface area (Å²) < 4.78 is 0. The third-order valence-corrected chi connectivity index (χ3v) is 2.06. The molecule has 0 aliphatic heterocycles. The summed E-state index contributed by atoms with van der Waals surface area (Å²) in [6.07, 6.45) is 0.251. The van der Waals surface area contributed by atoms with Gasteiger partial charge in [0.05, 0.1) is 12.8 Å². The molecule has 0 rings (SSSR count). The molecule has 0 atom stereocenters. The molecule has 0 aromatic carbocycles. The Balaban J connectivity index is -0.000000293. The molecule has 0 unspecified atom stereocenters. The summed E-state index contributed by atoms with van der Waals surface area (Å²) in [6, 6.07) is 0. The molecule has 6 N–H and O–H groups in total. The SMILES string of the molecule is C=C(CC(=O)O)C(=O)O.C=C(CC(=O)O)C(=O)O.CCCC(C)(O)O. The van der Waals surface area contributed by atoms with Gasteiger partial charge in [-0.25, -0.2) is 9.59 Å². The van der Waals surface area contributed by atoms with Crippen LogP contribution in [0.25, 0.3) is 0 Å². The van der Waals surface area contributed by atoms with Crippen LogP contribution in [0.4, 0.5) is 0 Å². The number of hydrogen-bond acceptors (Lipinski definition) is 6. The van der Waals surface area contributed by atoms with Crippen LogP contribution in [-0.2, 0) is 19.2 Å². The largest absolute Gasteiger partial charge is 0.481 e. The minimum Gasteiger partial charge on any atom is -0.481 e. The Morgan fingerprint density at radius 2 is 1.08 bits per heavy atom. The normalized spacial score (nSPS) is 9.44. The predicted octanol–water partition coefficient (Wildman–Crippen LogP) is 0.691. The van der Waals surface area contributed by atoms with Gasteiger partial charge in [0.15, 0.2) is 5.79 Å². The van der Waals surface area contributed by atoms with Crippen molar-refractivity contribution in [3.8, 4) is 0 Å². The Morgan fingerprint density at radius 3 is 1.12 bits per heavy atom. The second kappa shape index (κ2) is 13.7. The second-order valence-electron chi connectivity index (χ2n) is 4.93. The molecule has 0 heterocycles. The average Bonchev–Trinajstić information content (AvgIpc) is 2.36. The van der Waals surface area contributed by atoms with Gasteiger partial charge in [0.25, 0.3) is 0 Å². The molecule has 10 heteroatoms. The first-order chi connectivity index (χ1) is 11.1. The number of carbonyl (C=O) groups is 4. The van der Waals surface area contributed by atoms with Gasteiger partial charge in [-0.1, -0.05) is 26.5 Å². The maximum absolute atomic E-state index is 9.87. The van der Waals surface area contributed by atoms with Crippen LogP contribution in [0.5, 0.6) is 0 Å². The van der Waals surface area contributed by atoms with E-state index in [-0.39, 0.29) is 11.1 Å². The molecular weight excluding hydrogens is 340 g/mol. The molecule has 0 saturated heterocycles. The van der Waals surface area contributed by atoms with Crippen molar-refractivity contribution in [3.63, 3.8) is 0 Å². The van der Waals surface area contributed by atoms with Crippen molar-refractivity contribution >= 4 is 23.9 Å². The molecule has 0 spiro atoms. The first-order valence-corrected chi connectivity index (χ1v) is 6.84. The van der Waals surface area contributed by atoms with Crippen LogP contribution in [-0.4, -0.2) is 60.3 Å². The van der Waals surface area contributed by atoms with E-state index in [1.807, 2.05) is 6.92 Å². The lowest BCUT2D eigenvalue weighted by Crippen LogP contribution is -2.21. The number of aliphatic hydroxyl groups is 2. The number of hydrogen-bond donors (Lipinski definition) is 6. The molecule has 0 aliphatic rings. The lowest BCUT2D eigenvalue weighted by Gasteiger charge is -2.12. The lowest BCUT2D eigenvalue weighted by atomic mass is 10.2. The van der Waals surface area contributed by atoms with E-state index in [1.165, 1.54) is 6.92 Å². The first kappa shape index (κ1) is 27.1. The molecule has 0 aliphatic carbocycles. The minimum atomic E-state index is -1.45. The topological polar surface area (TPSA) is 190 Å². The van der Waals surface area contributed by atoms with Crippen molar-refractivity contribution in [1.29, 1.82) is 0 Å². The van der Waals surface area contributed by atoms with Crippen molar-refractivity contribution in [3.05, 3.63) is 24.3 Å². The van der Waals surface area contributed by atoms with E-state index >= 15 is 0 Å². The van der Waals surface area contributed by atoms with E-state index in [4.69, 9.17) is 30.6 Å². The highest BCUT2D eigenvalue weighted by Gasteiger charge is 2.11. The van der Waals surface area contributed by atoms with Crippen LogP contribution in [0.15, 0.2) is 24.3 Å². The standard InChI is InChI=1S/2C5H6O4.C5H12O2/c2*1-3(5(8)9)2-4(6)7;1-3-4-5(2,6)7/h2*1-2H2,(H,6,7)(H,8,9);6-7H,3-4H2,1-2H3. The fourth-order valence-electron chi connectivity index (χ4n) is 0.990. The molecule has 10 nitrogen and oxygen atoms in total. The van der Waals surface area contributed by atoms with E-state index in [0.717, 1.165) is 6.42 Å². The lowest BCUT2D eigenvalue weighted by molar-refractivity contribution is -0.149. The van der Waals surface area contributed by atoms with Crippen LogP contribution in [0.3, 0.4) is 0 Å². The fourth-order valence-corrected chi connectivity index (χ4v) is 0.990. The van der Waals surface area contributed by atoms with E-state index < -0.39 is 42.5 Å². The molecule has 0 amide bonds. The van der Waals surface area contributed by atoms with Gasteiger partial charge >= 0.3 is 23.9 Å². The highest BCUT2D eigenvalue weighted by molar-refractivity contribution is 5.91. The van der Waals surface area contributed by atoms with Crippen LogP contribution in [0.1, 0.15) is 39.5 Å². The summed E-state index contributed by atoms with van der Waals surface area (Å²) >= 11 is 0. The summed E-state index contributed by atoms with van der Waals surface area (Å²) in [5, 5.41) is 49.3. The van der Waals surface area contributed by atoms with Crippen molar-refractivity contribution < 1.29 is 49.8 Å². The van der Waals surface area contributed by atoms with E-state index in [1.54, 1.807) is 0 Å². The summed E-state index contributed by atoms with van der Waals surface area (Å²) in [6.45, 7) is 9.32. The monoisotopic (exact) mass is 364 g/mol. The van der Waals surface area contributed by atoms with E-state index in [0.29, 0.717) is 6.42 Å². The van der Waals surface area contributed by atoms with Crippen LogP contribution in [0, 0.1) is 0 Å². The van der Waals surface area contributed by atoms with E-state index in [2.05, 4.69) is 13.2 Å². The quantitative estimate of drug-likeness (QED) is 0.264. The zero-order valence-corrected chi connectivity index (χ0v) is 14.1. The van der Waals surface area contributed by atoms with Gasteiger partial charge in [-0.3, -0.25) is 9.59 Å². The van der Waals surface area contributed by atoms with E-state index in [9.17, 15) is 19.2 Å². The summed E-state index contributed by atoms with van der Waals surface area (Å²) in [7, 11) is 0. The van der Waals surface area contributed by atoms with Gasteiger partial charge in [0.1, 0.15) is 0 Å². The molecule has 0 radical (unpaired) electrons. The van der Waals surface area contributed by atoms with Gasteiger partial charge in [-0.2, -0.15) is 0 Å². The van der Waals surface area contributed by atoms with Gasteiger partial charge in [0, 0.05) is 17.6 Å². The fraction of sp³-hybridized carbons (Fsp3) is 0.467. The van der Waals surface area contributed by atoms with Gasteiger partial charge in [0.2, 0.25) is 0 Å². The molecule has 0 aromatic heterocycles. The van der Waals surface area contributed by atoms with Crippen LogP contribution >= 0.6 is 0 Å². The molecule has 144 valence electrons. The van der Waals surface area contributed by atoms with Crippen LogP contribution < -0.4 is 0 Å². The predicted molar refractivity (Wildman–Crippen MR) is 85.8 cm³/mol. The smallest absolute Gasteiger partial charge is 0.331 e. The van der Waals surface area contributed by atoms with Crippen molar-refractivity contribution in [2.75, 3.05) is 0 Å². The maximum Gasteiger partial charge on any atom is 0.331 e. The molecule has 0 saturated carbocycles. The molecule has 25 heavy (non-hydrogen) atoms. The Hall–Kier alpha value is -2.72.